The number of nitrogens with two attached hydrogens (primary N) is 1. The first-order chi connectivity index (χ1) is 11.1. The van der Waals surface area contributed by atoms with Crippen LogP contribution in [0.1, 0.15) is 30.4 Å². The Balaban J connectivity index is 1.64. The maximum Gasteiger partial charge on any atom is 0.256 e. The fourth-order valence-electron chi connectivity index (χ4n) is 3.40. The molecule has 4 rings (SSSR count). The molecule has 118 valence electrons. The van der Waals surface area contributed by atoms with Gasteiger partial charge in [0, 0.05) is 24.6 Å². The van der Waals surface area contributed by atoms with Gasteiger partial charge in [-0.05, 0) is 25.8 Å². The summed E-state index contributed by atoms with van der Waals surface area (Å²) in [6.45, 7) is 5.30. The lowest BCUT2D eigenvalue weighted by atomic mass is 9.96. The third kappa shape index (κ3) is 2.40. The van der Waals surface area contributed by atoms with E-state index in [1.54, 1.807) is 4.52 Å². The molecule has 0 radical (unpaired) electrons. The SMILES string of the molecule is Cc1ccc(C2CC(C)N(c3cc(N)n4ncnc4n3)C2)cc1. The van der Waals surface area contributed by atoms with Crippen molar-refractivity contribution in [1.29, 1.82) is 0 Å². The number of hydrogen-bond donors (Lipinski definition) is 1. The van der Waals surface area contributed by atoms with Gasteiger partial charge in [-0.2, -0.15) is 19.6 Å². The molecular formula is C17H20N6. The van der Waals surface area contributed by atoms with Crippen molar-refractivity contribution in [2.45, 2.75) is 32.2 Å². The van der Waals surface area contributed by atoms with Crippen molar-refractivity contribution in [2.24, 2.45) is 0 Å². The van der Waals surface area contributed by atoms with Gasteiger partial charge in [-0.1, -0.05) is 29.8 Å². The van der Waals surface area contributed by atoms with E-state index in [1.807, 2.05) is 6.07 Å². The predicted molar refractivity (Wildman–Crippen MR) is 90.5 cm³/mol. The third-order valence-corrected chi connectivity index (χ3v) is 4.68. The molecule has 2 unspecified atom stereocenters. The highest BCUT2D eigenvalue weighted by atomic mass is 15.4. The van der Waals surface area contributed by atoms with E-state index in [9.17, 15) is 0 Å². The second-order valence-electron chi connectivity index (χ2n) is 6.36. The van der Waals surface area contributed by atoms with E-state index in [4.69, 9.17) is 5.73 Å². The van der Waals surface area contributed by atoms with E-state index in [1.165, 1.54) is 17.5 Å². The first kappa shape index (κ1) is 14.0. The van der Waals surface area contributed by atoms with E-state index in [0.29, 0.717) is 23.6 Å². The summed E-state index contributed by atoms with van der Waals surface area (Å²) in [5.41, 5.74) is 8.76. The lowest BCUT2D eigenvalue weighted by Gasteiger charge is -2.22. The van der Waals surface area contributed by atoms with Crippen molar-refractivity contribution in [1.82, 2.24) is 19.6 Å². The van der Waals surface area contributed by atoms with Crippen LogP contribution in [0.15, 0.2) is 36.7 Å². The normalized spacial score (nSPS) is 21.2. The molecule has 0 bridgehead atoms. The number of nitrogen functional groups attached to an aromatic ring is 1. The molecular weight excluding hydrogens is 288 g/mol. The van der Waals surface area contributed by atoms with Crippen LogP contribution in [-0.2, 0) is 0 Å². The average molecular weight is 308 g/mol. The molecule has 6 nitrogen and oxygen atoms in total. The van der Waals surface area contributed by atoms with Crippen molar-refractivity contribution in [3.8, 4) is 0 Å². The Morgan fingerprint density at radius 2 is 2.00 bits per heavy atom. The van der Waals surface area contributed by atoms with Crippen LogP contribution >= 0.6 is 0 Å². The fraction of sp³-hybridized carbons (Fsp3) is 0.353. The zero-order chi connectivity index (χ0) is 16.0. The van der Waals surface area contributed by atoms with Crippen LogP contribution in [-0.4, -0.2) is 32.2 Å². The number of hydrogen-bond acceptors (Lipinski definition) is 5. The largest absolute Gasteiger partial charge is 0.383 e. The summed E-state index contributed by atoms with van der Waals surface area (Å²) in [6, 6.07) is 11.1. The van der Waals surface area contributed by atoms with Crippen LogP contribution in [0.5, 0.6) is 0 Å². The summed E-state index contributed by atoms with van der Waals surface area (Å²) in [5.74, 6) is 2.51. The maximum atomic E-state index is 6.07. The zero-order valence-corrected chi connectivity index (χ0v) is 13.3. The van der Waals surface area contributed by atoms with Crippen LogP contribution in [0.25, 0.3) is 5.78 Å². The minimum atomic E-state index is 0.415. The molecule has 0 saturated carbocycles. The summed E-state index contributed by atoms with van der Waals surface area (Å²) < 4.78 is 1.56. The highest BCUT2D eigenvalue weighted by molar-refractivity contribution is 5.55. The van der Waals surface area contributed by atoms with Crippen molar-refractivity contribution < 1.29 is 0 Å². The van der Waals surface area contributed by atoms with Crippen LogP contribution in [0.4, 0.5) is 11.6 Å². The van der Waals surface area contributed by atoms with E-state index >= 15 is 0 Å². The highest BCUT2D eigenvalue weighted by Gasteiger charge is 2.31. The van der Waals surface area contributed by atoms with Gasteiger partial charge >= 0.3 is 0 Å². The maximum absolute atomic E-state index is 6.07. The Morgan fingerprint density at radius 1 is 1.22 bits per heavy atom. The summed E-state index contributed by atoms with van der Waals surface area (Å²) in [7, 11) is 0. The van der Waals surface area contributed by atoms with E-state index in [2.05, 4.69) is 58.1 Å². The van der Waals surface area contributed by atoms with Gasteiger partial charge < -0.3 is 10.6 Å². The Labute approximate surface area is 135 Å². The zero-order valence-electron chi connectivity index (χ0n) is 13.3. The van der Waals surface area contributed by atoms with Gasteiger partial charge in [0.15, 0.2) is 0 Å². The van der Waals surface area contributed by atoms with Gasteiger partial charge in [-0.15, -0.1) is 0 Å². The first-order valence-corrected chi connectivity index (χ1v) is 7.91. The molecule has 0 spiro atoms. The number of fused-ring (bicyclic) bond motifs is 1. The Hall–Kier alpha value is -2.63. The fourth-order valence-corrected chi connectivity index (χ4v) is 3.40. The number of rotatable bonds is 2. The Bertz CT molecular complexity index is 838. The first-order valence-electron chi connectivity index (χ1n) is 7.91. The topological polar surface area (TPSA) is 72.3 Å². The van der Waals surface area contributed by atoms with E-state index in [-0.39, 0.29) is 0 Å². The van der Waals surface area contributed by atoms with Gasteiger partial charge in [-0.3, -0.25) is 0 Å². The van der Waals surface area contributed by atoms with Crippen LogP contribution in [0, 0.1) is 6.92 Å². The molecule has 1 fully saturated rings. The van der Waals surface area contributed by atoms with Crippen molar-refractivity contribution in [3.05, 3.63) is 47.8 Å². The average Bonchev–Trinajstić information content (AvgIpc) is 3.14. The second kappa shape index (κ2) is 5.22. The molecule has 23 heavy (non-hydrogen) atoms. The molecule has 1 aliphatic heterocycles. The molecule has 1 aromatic carbocycles. The van der Waals surface area contributed by atoms with Gasteiger partial charge in [0.25, 0.3) is 5.78 Å². The number of anilines is 2. The number of benzene rings is 1. The number of aryl methyl sites for hydroxylation is 1. The Morgan fingerprint density at radius 3 is 2.78 bits per heavy atom. The van der Waals surface area contributed by atoms with Crippen molar-refractivity contribution >= 4 is 17.4 Å². The van der Waals surface area contributed by atoms with Gasteiger partial charge in [0.1, 0.15) is 18.0 Å². The molecule has 0 aliphatic carbocycles. The molecule has 2 aromatic heterocycles. The monoisotopic (exact) mass is 308 g/mol. The second-order valence-corrected chi connectivity index (χ2v) is 6.36. The third-order valence-electron chi connectivity index (χ3n) is 4.68. The summed E-state index contributed by atoms with van der Waals surface area (Å²) in [4.78, 5) is 11.1. The molecule has 6 heteroatoms. The lowest BCUT2D eigenvalue weighted by Crippen LogP contribution is -2.28. The summed E-state index contributed by atoms with van der Waals surface area (Å²) in [5, 5.41) is 4.08. The predicted octanol–water partition coefficient (Wildman–Crippen LogP) is 2.40. The van der Waals surface area contributed by atoms with Crippen LogP contribution in [0.3, 0.4) is 0 Å². The molecule has 1 saturated heterocycles. The molecule has 2 N–H and O–H groups in total. The summed E-state index contributed by atoms with van der Waals surface area (Å²) >= 11 is 0. The van der Waals surface area contributed by atoms with Crippen LogP contribution < -0.4 is 10.6 Å². The van der Waals surface area contributed by atoms with Gasteiger partial charge in [0.05, 0.1) is 0 Å². The lowest BCUT2D eigenvalue weighted by molar-refractivity contribution is 0.696. The Kier molecular flexibility index (Phi) is 3.18. The van der Waals surface area contributed by atoms with Crippen LogP contribution in [0.2, 0.25) is 0 Å². The number of aromatic nitrogens is 4. The van der Waals surface area contributed by atoms with E-state index < -0.39 is 0 Å². The summed E-state index contributed by atoms with van der Waals surface area (Å²) in [6.07, 6.45) is 2.59. The number of nitrogens with zero attached hydrogens (tertiary/aromatic N) is 5. The molecule has 3 heterocycles. The van der Waals surface area contributed by atoms with E-state index in [0.717, 1.165) is 18.8 Å². The van der Waals surface area contributed by atoms with Gasteiger partial charge in [0.2, 0.25) is 0 Å². The highest BCUT2D eigenvalue weighted by Crippen LogP contribution is 2.34. The quantitative estimate of drug-likeness (QED) is 0.787. The standard InChI is InChI=1S/C17H20N6/c1-11-3-5-13(6-4-11)14-7-12(2)22(9-14)16-8-15(18)23-17(21-16)19-10-20-23/h3-6,8,10,12,14H,7,9,18H2,1-2H3. The minimum Gasteiger partial charge on any atom is -0.383 e. The smallest absolute Gasteiger partial charge is 0.256 e. The minimum absolute atomic E-state index is 0.415. The van der Waals surface area contributed by atoms with Crippen molar-refractivity contribution in [3.63, 3.8) is 0 Å². The molecule has 2 atom stereocenters. The van der Waals surface area contributed by atoms with Gasteiger partial charge in [-0.25, -0.2) is 0 Å². The molecule has 1 aliphatic rings. The molecule has 0 amide bonds. The van der Waals surface area contributed by atoms with Crippen molar-refractivity contribution in [2.75, 3.05) is 17.2 Å². The molecule has 3 aromatic rings.